The van der Waals surface area contributed by atoms with Crippen molar-refractivity contribution in [2.75, 3.05) is 9.80 Å². The van der Waals surface area contributed by atoms with E-state index in [9.17, 15) is 0 Å². The molecule has 110 heavy (non-hydrogen) atoms. The molecule has 0 amide bonds. The van der Waals surface area contributed by atoms with Crippen molar-refractivity contribution in [1.82, 2.24) is 0 Å². The fourth-order valence-corrected chi connectivity index (χ4v) is 20.0. The van der Waals surface area contributed by atoms with Gasteiger partial charge >= 0.3 is 0 Å². The number of hydrogen-bond acceptors (Lipinski definition) is 5. The Kier molecular flexibility index (Phi) is 13.8. The summed E-state index contributed by atoms with van der Waals surface area (Å²) in [6, 6.07) is 143. The lowest BCUT2D eigenvalue weighted by Gasteiger charge is -2.32. The molecule has 0 aliphatic heterocycles. The molecule has 0 fully saturated rings. The number of rotatable bonds is 11. The number of nitrogens with zero attached hydrogens (tertiary/aromatic N) is 2. The lowest BCUT2D eigenvalue weighted by Crippen LogP contribution is -2.26. The van der Waals surface area contributed by atoms with Crippen molar-refractivity contribution >= 4 is 131 Å². The second-order valence-electron chi connectivity index (χ2n) is 29.2. The van der Waals surface area contributed by atoms with Crippen molar-refractivity contribution in [3.63, 3.8) is 0 Å². The van der Waals surface area contributed by atoms with Crippen LogP contribution in [0.4, 0.5) is 34.1 Å². The van der Waals surface area contributed by atoms with Gasteiger partial charge in [-0.2, -0.15) is 0 Å². The molecule has 0 N–H and O–H groups in total. The van der Waals surface area contributed by atoms with E-state index in [1.807, 2.05) is 17.4 Å². The fourth-order valence-electron chi connectivity index (χ4n) is 18.9. The zero-order valence-electron chi connectivity index (χ0n) is 59.6. The molecule has 2 aliphatic rings. The summed E-state index contributed by atoms with van der Waals surface area (Å²) in [6.07, 6.45) is 0. The van der Waals surface area contributed by atoms with Gasteiger partial charge in [0.1, 0.15) is 22.3 Å². The SMILES string of the molecule is c1ccc(N(c2ccc(-c3cccc4c(-c5ccc6c(c5)oc5cccc(-c7ccccc7N(c7ccc(-c8cccc9ccccc89)cc7)c7cccc8c7-c7ccccc7C87c8ccccc8-c8ccccc87)c56)cccc34)cc2)c2ccc3sc4ccccc4c3c2)c(-c2cccc3oc4ccccc4c23)c1. The lowest BCUT2D eigenvalue weighted by atomic mass is 9.70. The van der Waals surface area contributed by atoms with Crippen LogP contribution >= 0.6 is 11.3 Å². The molecule has 0 radical (unpaired) electrons. The van der Waals surface area contributed by atoms with Gasteiger partial charge in [0.15, 0.2) is 0 Å². The number of anilines is 6. The highest BCUT2D eigenvalue weighted by Crippen LogP contribution is 2.65. The Bertz CT molecular complexity index is 7330. The van der Waals surface area contributed by atoms with Crippen LogP contribution in [0.25, 0.3) is 163 Å². The first-order valence-corrected chi connectivity index (χ1v) is 38.6. The van der Waals surface area contributed by atoms with E-state index in [0.29, 0.717) is 0 Å². The van der Waals surface area contributed by atoms with E-state index in [2.05, 4.69) is 392 Å². The topological polar surface area (TPSA) is 32.8 Å². The van der Waals surface area contributed by atoms with E-state index in [-0.39, 0.29) is 0 Å². The van der Waals surface area contributed by atoms with Crippen molar-refractivity contribution < 1.29 is 8.83 Å². The van der Waals surface area contributed by atoms with Gasteiger partial charge in [0.2, 0.25) is 0 Å². The number of benzene rings is 18. The van der Waals surface area contributed by atoms with Crippen LogP contribution in [0.5, 0.6) is 0 Å². The minimum absolute atomic E-state index is 0.522. The second kappa shape index (κ2) is 24.5. The Morgan fingerprint density at radius 1 is 0.218 bits per heavy atom. The molecule has 512 valence electrons. The van der Waals surface area contributed by atoms with Crippen molar-refractivity contribution in [2.24, 2.45) is 0 Å². The third kappa shape index (κ3) is 9.26. The van der Waals surface area contributed by atoms with E-state index in [0.717, 1.165) is 128 Å². The summed E-state index contributed by atoms with van der Waals surface area (Å²) >= 11 is 1.84. The molecule has 0 bridgehead atoms. The van der Waals surface area contributed by atoms with Gasteiger partial charge in [-0.05, 0) is 202 Å². The number of fused-ring (bicyclic) bond motifs is 21. The molecule has 1 spiro atoms. The molecular formula is C105H64N2O2S. The maximum absolute atomic E-state index is 7.12. The third-order valence-corrected chi connectivity index (χ3v) is 24.7. The Hall–Kier alpha value is -14.1. The van der Waals surface area contributed by atoms with Gasteiger partial charge in [-0.25, -0.2) is 0 Å². The molecule has 0 unspecified atom stereocenters. The van der Waals surface area contributed by atoms with Gasteiger partial charge in [0.05, 0.1) is 22.5 Å². The van der Waals surface area contributed by atoms with Gasteiger partial charge < -0.3 is 18.6 Å². The molecule has 21 aromatic rings. The maximum atomic E-state index is 7.12. The lowest BCUT2D eigenvalue weighted by molar-refractivity contribution is 0.668. The van der Waals surface area contributed by atoms with E-state index in [4.69, 9.17) is 8.83 Å². The zero-order chi connectivity index (χ0) is 72.1. The Labute approximate surface area is 639 Å². The van der Waals surface area contributed by atoms with Gasteiger partial charge in [0.25, 0.3) is 0 Å². The summed E-state index contributed by atoms with van der Waals surface area (Å²) in [5.74, 6) is 0. The van der Waals surface area contributed by atoms with Crippen molar-refractivity contribution in [1.29, 1.82) is 0 Å². The highest BCUT2D eigenvalue weighted by molar-refractivity contribution is 7.25. The number of para-hydroxylation sites is 3. The van der Waals surface area contributed by atoms with Crippen molar-refractivity contribution in [2.45, 2.75) is 5.41 Å². The van der Waals surface area contributed by atoms with E-state index in [1.165, 1.54) is 91.8 Å². The summed E-state index contributed by atoms with van der Waals surface area (Å²) in [6.45, 7) is 0. The Balaban J connectivity index is 0.639. The highest BCUT2D eigenvalue weighted by Gasteiger charge is 2.52. The molecule has 5 heteroatoms. The van der Waals surface area contributed by atoms with Crippen LogP contribution in [0.1, 0.15) is 22.3 Å². The summed E-state index contributed by atoms with van der Waals surface area (Å²) in [4.78, 5) is 4.96. The van der Waals surface area contributed by atoms with Crippen molar-refractivity contribution in [3.8, 4) is 77.9 Å². The van der Waals surface area contributed by atoms with Crippen LogP contribution in [-0.4, -0.2) is 0 Å². The van der Waals surface area contributed by atoms with Gasteiger partial charge in [-0.3, -0.25) is 0 Å². The van der Waals surface area contributed by atoms with E-state index in [1.54, 1.807) is 0 Å². The van der Waals surface area contributed by atoms with Crippen LogP contribution < -0.4 is 9.80 Å². The first kappa shape index (κ1) is 62.1. The van der Waals surface area contributed by atoms with Crippen LogP contribution in [0.15, 0.2) is 397 Å². The fraction of sp³-hybridized carbons (Fsp3) is 0.00952. The number of furan rings is 2. The standard InChI is InChI=1S/C105H64N2O2S/c1-2-25-72-65(23-1)24-17-33-73(72)66-53-58-70(59-54-66)107(95-46-22-43-92-104(95)85-31-5-12-42-91(85)105(92)89-40-10-3-26-78(89)79-27-4-11-41-90(79)105)94-45-14-7-29-81(94)84-39-21-49-98-103(84)87-61-55-68(63-99(87)109-98)75-35-19-36-76-74(34-18-37-77(75)76)67-51-56-69(57-52-67)106(71-60-62-101-88(64-71)82-30-9-16-50-100(82)110-101)93-44-13-6-28-80(93)83-38-20-48-97-102(83)86-32-8-15-47-96(86)108-97/h1-64H. The predicted molar refractivity (Wildman–Crippen MR) is 462 cm³/mol. The Morgan fingerprint density at radius 3 is 1.31 bits per heavy atom. The molecule has 4 nitrogen and oxygen atoms in total. The van der Waals surface area contributed by atoms with Crippen molar-refractivity contribution in [3.05, 3.63) is 411 Å². The summed E-state index contributed by atoms with van der Waals surface area (Å²) in [7, 11) is 0. The molecule has 23 rings (SSSR count). The van der Waals surface area contributed by atoms with Gasteiger partial charge in [0, 0.05) is 75.5 Å². The normalized spacial score (nSPS) is 12.6. The maximum Gasteiger partial charge on any atom is 0.136 e. The summed E-state index contributed by atoms with van der Waals surface area (Å²) in [5, 5.41) is 11.6. The summed E-state index contributed by atoms with van der Waals surface area (Å²) < 4.78 is 16.2. The average molecular weight is 1420 g/mol. The summed E-state index contributed by atoms with van der Waals surface area (Å²) in [5.41, 5.74) is 30.9. The first-order chi connectivity index (χ1) is 54.6. The molecule has 3 heterocycles. The van der Waals surface area contributed by atoms with Crippen LogP contribution in [0.2, 0.25) is 0 Å². The molecule has 18 aromatic carbocycles. The smallest absolute Gasteiger partial charge is 0.136 e. The number of thiophene rings is 1. The predicted octanol–water partition coefficient (Wildman–Crippen LogP) is 29.8. The minimum atomic E-state index is -0.522. The first-order valence-electron chi connectivity index (χ1n) is 37.8. The minimum Gasteiger partial charge on any atom is -0.456 e. The largest absolute Gasteiger partial charge is 0.456 e. The van der Waals surface area contributed by atoms with Crippen LogP contribution in [-0.2, 0) is 5.41 Å². The van der Waals surface area contributed by atoms with E-state index < -0.39 is 5.41 Å². The molecule has 2 aliphatic carbocycles. The molecule has 0 saturated heterocycles. The van der Waals surface area contributed by atoms with Gasteiger partial charge in [-0.15, -0.1) is 11.3 Å². The number of hydrogen-bond donors (Lipinski definition) is 0. The van der Waals surface area contributed by atoms with Crippen LogP contribution in [0, 0.1) is 0 Å². The van der Waals surface area contributed by atoms with Gasteiger partial charge in [-0.1, -0.05) is 291 Å². The quantitative estimate of drug-likeness (QED) is 0.129. The molecular weight excluding hydrogens is 1350 g/mol. The molecule has 0 saturated carbocycles. The third-order valence-electron chi connectivity index (χ3n) is 23.5. The molecule has 0 atom stereocenters. The second-order valence-corrected chi connectivity index (χ2v) is 30.2. The van der Waals surface area contributed by atoms with Crippen LogP contribution in [0.3, 0.4) is 0 Å². The average Bonchev–Trinajstić information content (AvgIpc) is 1.50. The highest BCUT2D eigenvalue weighted by atomic mass is 32.1. The zero-order valence-corrected chi connectivity index (χ0v) is 60.4. The van der Waals surface area contributed by atoms with E-state index >= 15 is 0 Å². The molecule has 3 aromatic heterocycles. The Morgan fingerprint density at radius 2 is 0.627 bits per heavy atom. The monoisotopic (exact) mass is 1420 g/mol.